The second-order valence-corrected chi connectivity index (χ2v) is 3.16. The highest BCUT2D eigenvalue weighted by atomic mass is 35.5. The van der Waals surface area contributed by atoms with E-state index in [4.69, 9.17) is 22.9 Å². The number of nitrogens with zero attached hydrogens (tertiary/aromatic N) is 2. The molecule has 0 saturated carbocycles. The Kier molecular flexibility index (Phi) is 3.79. The monoisotopic (exact) mass is 213 g/mol. The molecular weight excluding hydrogens is 202 g/mol. The third kappa shape index (κ3) is 2.40. The van der Waals surface area contributed by atoms with Crippen LogP contribution in [0.5, 0.6) is 0 Å². The van der Waals surface area contributed by atoms with Gasteiger partial charge in [-0.3, -0.25) is 0 Å². The van der Waals surface area contributed by atoms with Crippen LogP contribution in [-0.2, 0) is 0 Å². The lowest BCUT2D eigenvalue weighted by atomic mass is 10.1. The molecule has 0 aliphatic heterocycles. The minimum Gasteiger partial charge on any atom is -0.307 e. The maximum atomic E-state index is 7.72. The van der Waals surface area contributed by atoms with Crippen LogP contribution in [0.2, 0.25) is 5.15 Å². The van der Waals surface area contributed by atoms with Crippen molar-refractivity contribution in [2.75, 3.05) is 5.43 Å². The van der Waals surface area contributed by atoms with Gasteiger partial charge < -0.3 is 10.8 Å². The number of hydrogen-bond donors (Lipinski definition) is 3. The number of aromatic nitrogens is 2. The molecule has 0 spiro atoms. The predicted octanol–water partition coefficient (Wildman–Crippen LogP) is 1.58. The molecule has 1 aromatic heterocycles. The van der Waals surface area contributed by atoms with Gasteiger partial charge >= 0.3 is 0 Å². The lowest BCUT2D eigenvalue weighted by Gasteiger charge is -2.05. The summed E-state index contributed by atoms with van der Waals surface area (Å²) in [5.41, 5.74) is 3.39. The number of nitrogens with two attached hydrogens (primary N) is 1. The van der Waals surface area contributed by atoms with E-state index in [0.717, 1.165) is 6.42 Å². The third-order valence-electron chi connectivity index (χ3n) is 1.72. The molecule has 4 N–H and O–H groups in total. The zero-order valence-corrected chi connectivity index (χ0v) is 8.60. The predicted molar refractivity (Wildman–Crippen MR) is 56.6 cm³/mol. The third-order valence-corrected chi connectivity index (χ3v) is 2.00. The highest BCUT2D eigenvalue weighted by Crippen LogP contribution is 2.16. The number of hydrazine groups is 1. The highest BCUT2D eigenvalue weighted by molar-refractivity contribution is 6.32. The van der Waals surface area contributed by atoms with Gasteiger partial charge in [-0.2, -0.15) is 0 Å². The molecule has 5 nitrogen and oxygen atoms in total. The Morgan fingerprint density at radius 1 is 1.64 bits per heavy atom. The maximum absolute atomic E-state index is 7.72. The molecule has 0 amide bonds. The zero-order chi connectivity index (χ0) is 10.6. The lowest BCUT2D eigenvalue weighted by molar-refractivity contribution is 0.974. The van der Waals surface area contributed by atoms with Crippen LogP contribution in [0.3, 0.4) is 0 Å². The SMILES string of the molecule is CCCC(=N)c1cc(NN)nnc1Cl. The molecule has 0 aromatic carbocycles. The van der Waals surface area contributed by atoms with Crippen molar-refractivity contribution in [3.63, 3.8) is 0 Å². The Hall–Kier alpha value is -1.20. The van der Waals surface area contributed by atoms with Crippen LogP contribution >= 0.6 is 11.6 Å². The fourth-order valence-corrected chi connectivity index (χ4v) is 1.25. The second-order valence-electron chi connectivity index (χ2n) is 2.81. The quantitative estimate of drug-likeness (QED) is 0.403. The average molecular weight is 214 g/mol. The maximum Gasteiger partial charge on any atom is 0.163 e. The van der Waals surface area contributed by atoms with E-state index in [2.05, 4.69) is 15.6 Å². The smallest absolute Gasteiger partial charge is 0.163 e. The summed E-state index contributed by atoms with van der Waals surface area (Å²) in [4.78, 5) is 0. The van der Waals surface area contributed by atoms with Crippen molar-refractivity contribution in [3.8, 4) is 0 Å². The van der Waals surface area contributed by atoms with Crippen molar-refractivity contribution in [1.82, 2.24) is 10.2 Å². The number of anilines is 1. The molecule has 0 fully saturated rings. The van der Waals surface area contributed by atoms with Gasteiger partial charge in [0.15, 0.2) is 11.0 Å². The summed E-state index contributed by atoms with van der Waals surface area (Å²) in [6.07, 6.45) is 1.55. The molecule has 0 atom stereocenters. The fourth-order valence-electron chi connectivity index (χ4n) is 1.04. The standard InChI is InChI=1S/C8H12ClN5/c1-2-3-6(10)5-4-7(12-11)13-14-8(5)9/h4,10H,2-3,11H2,1H3,(H,12,13). The second kappa shape index (κ2) is 4.88. The van der Waals surface area contributed by atoms with Crippen molar-refractivity contribution in [2.45, 2.75) is 19.8 Å². The summed E-state index contributed by atoms with van der Waals surface area (Å²) in [6, 6.07) is 1.62. The van der Waals surface area contributed by atoms with Gasteiger partial charge in [0.05, 0.1) is 0 Å². The Balaban J connectivity index is 2.99. The first kappa shape index (κ1) is 10.9. The van der Waals surface area contributed by atoms with Gasteiger partial charge in [-0.1, -0.05) is 24.9 Å². The molecule has 0 unspecified atom stereocenters. The van der Waals surface area contributed by atoms with E-state index in [1.807, 2.05) is 6.92 Å². The van der Waals surface area contributed by atoms with Gasteiger partial charge in [0.25, 0.3) is 0 Å². The van der Waals surface area contributed by atoms with Crippen LogP contribution in [0, 0.1) is 5.41 Å². The number of nitrogens with one attached hydrogen (secondary N) is 2. The average Bonchev–Trinajstić information content (AvgIpc) is 2.19. The minimum absolute atomic E-state index is 0.238. The molecule has 14 heavy (non-hydrogen) atoms. The molecule has 0 bridgehead atoms. The van der Waals surface area contributed by atoms with Gasteiger partial charge in [0, 0.05) is 11.3 Å². The van der Waals surface area contributed by atoms with Crippen molar-refractivity contribution in [3.05, 3.63) is 16.8 Å². The van der Waals surface area contributed by atoms with Gasteiger partial charge in [-0.05, 0) is 12.5 Å². The molecule has 0 radical (unpaired) electrons. The minimum atomic E-state index is 0.238. The summed E-state index contributed by atoms with van der Waals surface area (Å²) in [7, 11) is 0. The van der Waals surface area contributed by atoms with Crippen LogP contribution in [0.1, 0.15) is 25.3 Å². The van der Waals surface area contributed by atoms with Gasteiger partial charge in [0.1, 0.15) is 0 Å². The largest absolute Gasteiger partial charge is 0.307 e. The summed E-state index contributed by atoms with van der Waals surface area (Å²) < 4.78 is 0. The van der Waals surface area contributed by atoms with Gasteiger partial charge in [-0.25, -0.2) is 5.84 Å². The first-order valence-corrected chi connectivity index (χ1v) is 4.64. The molecule has 0 saturated heterocycles. The van der Waals surface area contributed by atoms with E-state index in [-0.39, 0.29) is 5.15 Å². The molecule has 76 valence electrons. The van der Waals surface area contributed by atoms with Crippen LogP contribution < -0.4 is 11.3 Å². The molecule has 0 aliphatic carbocycles. The number of halogens is 1. The molecule has 6 heteroatoms. The normalized spacial score (nSPS) is 9.93. The van der Waals surface area contributed by atoms with Crippen LogP contribution in [0.15, 0.2) is 6.07 Å². The van der Waals surface area contributed by atoms with Crippen molar-refractivity contribution in [2.24, 2.45) is 5.84 Å². The topological polar surface area (TPSA) is 87.7 Å². The van der Waals surface area contributed by atoms with E-state index in [9.17, 15) is 0 Å². The van der Waals surface area contributed by atoms with Crippen molar-refractivity contribution < 1.29 is 0 Å². The van der Waals surface area contributed by atoms with Crippen LogP contribution in [0.25, 0.3) is 0 Å². The lowest BCUT2D eigenvalue weighted by Crippen LogP contribution is -2.11. The number of rotatable bonds is 4. The number of hydrogen-bond acceptors (Lipinski definition) is 5. The summed E-state index contributed by atoms with van der Waals surface area (Å²) in [5.74, 6) is 5.58. The first-order chi connectivity index (χ1) is 6.69. The van der Waals surface area contributed by atoms with E-state index in [0.29, 0.717) is 23.5 Å². The van der Waals surface area contributed by atoms with Gasteiger partial charge in [-0.15, -0.1) is 10.2 Å². The van der Waals surface area contributed by atoms with E-state index < -0.39 is 0 Å². The van der Waals surface area contributed by atoms with Crippen molar-refractivity contribution >= 4 is 23.1 Å². The molecular formula is C8H12ClN5. The van der Waals surface area contributed by atoms with E-state index in [1.165, 1.54) is 0 Å². The number of nitrogen functional groups attached to an aromatic ring is 1. The van der Waals surface area contributed by atoms with Gasteiger partial charge in [0.2, 0.25) is 0 Å². The molecule has 1 aromatic rings. The fraction of sp³-hybridized carbons (Fsp3) is 0.375. The van der Waals surface area contributed by atoms with Crippen LogP contribution in [0.4, 0.5) is 5.82 Å². The molecule has 1 rings (SSSR count). The Morgan fingerprint density at radius 2 is 2.36 bits per heavy atom. The van der Waals surface area contributed by atoms with E-state index >= 15 is 0 Å². The Labute approximate surface area is 87.1 Å². The van der Waals surface area contributed by atoms with Crippen molar-refractivity contribution in [1.29, 1.82) is 5.41 Å². The summed E-state index contributed by atoms with van der Waals surface area (Å²) >= 11 is 5.80. The first-order valence-electron chi connectivity index (χ1n) is 4.26. The zero-order valence-electron chi connectivity index (χ0n) is 7.84. The Morgan fingerprint density at radius 3 is 2.93 bits per heavy atom. The highest BCUT2D eigenvalue weighted by Gasteiger charge is 2.08. The summed E-state index contributed by atoms with van der Waals surface area (Å²) in [6.45, 7) is 2.00. The summed E-state index contributed by atoms with van der Waals surface area (Å²) in [5, 5.41) is 15.3. The molecule has 0 aliphatic rings. The van der Waals surface area contributed by atoms with E-state index in [1.54, 1.807) is 6.07 Å². The Bertz CT molecular complexity index is 339. The molecule has 1 heterocycles. The van der Waals surface area contributed by atoms with Crippen LogP contribution in [-0.4, -0.2) is 15.9 Å².